The summed E-state index contributed by atoms with van der Waals surface area (Å²) >= 11 is 6.39. The van der Waals surface area contributed by atoms with Crippen LogP contribution in [0.15, 0.2) is 42.5 Å². The first-order valence-electron chi connectivity index (χ1n) is 9.18. The van der Waals surface area contributed by atoms with Gasteiger partial charge in [0.1, 0.15) is 0 Å². The van der Waals surface area contributed by atoms with Crippen molar-refractivity contribution in [1.29, 1.82) is 0 Å². The SMILES string of the molecule is CCc1[nH]nc2ccc(C(=O)NC(CC3CC3)c3ccccc3Cl)cc12. The molecule has 134 valence electrons. The van der Waals surface area contributed by atoms with E-state index in [1.807, 2.05) is 42.5 Å². The van der Waals surface area contributed by atoms with E-state index >= 15 is 0 Å². The number of benzene rings is 2. The molecule has 2 aromatic carbocycles. The number of aryl methyl sites for hydroxylation is 1. The number of halogens is 1. The predicted octanol–water partition coefficient (Wildman–Crippen LogP) is 5.05. The lowest BCUT2D eigenvalue weighted by Crippen LogP contribution is -2.29. The second-order valence-corrected chi connectivity index (χ2v) is 7.42. The number of hydrogen-bond acceptors (Lipinski definition) is 2. The van der Waals surface area contributed by atoms with Gasteiger partial charge in [-0.15, -0.1) is 0 Å². The first-order chi connectivity index (χ1) is 12.7. The zero-order chi connectivity index (χ0) is 18.1. The van der Waals surface area contributed by atoms with Crippen LogP contribution in [-0.4, -0.2) is 16.1 Å². The number of hydrogen-bond donors (Lipinski definition) is 2. The standard InChI is InChI=1S/C21H22ClN3O/c1-2-18-16-12-14(9-10-19(16)25-24-18)21(26)23-20(11-13-7-8-13)15-5-3-4-6-17(15)22/h3-6,9-10,12-13,20H,2,7-8,11H2,1H3,(H,23,26)(H,24,25). The summed E-state index contributed by atoms with van der Waals surface area (Å²) < 4.78 is 0. The van der Waals surface area contributed by atoms with Crippen LogP contribution in [-0.2, 0) is 6.42 Å². The Labute approximate surface area is 157 Å². The molecule has 3 aromatic rings. The summed E-state index contributed by atoms with van der Waals surface area (Å²) in [5.41, 5.74) is 3.59. The van der Waals surface area contributed by atoms with Crippen molar-refractivity contribution < 1.29 is 4.79 Å². The van der Waals surface area contributed by atoms with Crippen LogP contribution >= 0.6 is 11.6 Å². The van der Waals surface area contributed by atoms with Crippen LogP contribution in [0.25, 0.3) is 10.9 Å². The summed E-state index contributed by atoms with van der Waals surface area (Å²) in [7, 11) is 0. The van der Waals surface area contributed by atoms with Crippen molar-refractivity contribution in [3.05, 3.63) is 64.3 Å². The van der Waals surface area contributed by atoms with Gasteiger partial charge in [0.2, 0.25) is 0 Å². The molecule has 0 aliphatic heterocycles. The van der Waals surface area contributed by atoms with Crippen molar-refractivity contribution in [3.8, 4) is 0 Å². The number of H-pyrrole nitrogens is 1. The molecule has 26 heavy (non-hydrogen) atoms. The molecule has 1 aromatic heterocycles. The topological polar surface area (TPSA) is 57.8 Å². The fraction of sp³-hybridized carbons (Fsp3) is 0.333. The smallest absolute Gasteiger partial charge is 0.251 e. The van der Waals surface area contributed by atoms with E-state index in [9.17, 15) is 4.79 Å². The van der Waals surface area contributed by atoms with Crippen LogP contribution in [0.5, 0.6) is 0 Å². The van der Waals surface area contributed by atoms with E-state index in [1.165, 1.54) is 12.8 Å². The molecule has 0 radical (unpaired) electrons. The fourth-order valence-corrected chi connectivity index (χ4v) is 3.69. The highest BCUT2D eigenvalue weighted by Gasteiger charge is 2.28. The number of carbonyl (C=O) groups excluding carboxylic acids is 1. The third kappa shape index (κ3) is 3.47. The van der Waals surface area contributed by atoms with E-state index in [4.69, 9.17) is 11.6 Å². The zero-order valence-corrected chi connectivity index (χ0v) is 15.5. The van der Waals surface area contributed by atoms with Gasteiger partial charge in [-0.2, -0.15) is 5.10 Å². The summed E-state index contributed by atoms with van der Waals surface area (Å²) in [6, 6.07) is 13.4. The molecule has 1 amide bonds. The molecule has 0 spiro atoms. The highest BCUT2D eigenvalue weighted by molar-refractivity contribution is 6.31. The Morgan fingerprint density at radius 3 is 2.85 bits per heavy atom. The molecule has 1 heterocycles. The number of carbonyl (C=O) groups is 1. The van der Waals surface area contributed by atoms with Crippen molar-refractivity contribution in [3.63, 3.8) is 0 Å². The van der Waals surface area contributed by atoms with E-state index < -0.39 is 0 Å². The highest BCUT2D eigenvalue weighted by Crippen LogP contribution is 2.39. The molecular formula is C21H22ClN3O. The van der Waals surface area contributed by atoms with Crippen molar-refractivity contribution in [2.75, 3.05) is 0 Å². The number of nitrogens with zero attached hydrogens (tertiary/aromatic N) is 1. The van der Waals surface area contributed by atoms with Gasteiger partial charge in [0.05, 0.1) is 11.6 Å². The van der Waals surface area contributed by atoms with Gasteiger partial charge in [0.25, 0.3) is 5.91 Å². The number of rotatable bonds is 6. The fourth-order valence-electron chi connectivity index (χ4n) is 3.42. The largest absolute Gasteiger partial charge is 0.345 e. The van der Waals surface area contributed by atoms with Crippen LogP contribution in [0.1, 0.15) is 53.8 Å². The van der Waals surface area contributed by atoms with Gasteiger partial charge in [-0.05, 0) is 48.6 Å². The van der Waals surface area contributed by atoms with Gasteiger partial charge in [-0.1, -0.05) is 49.6 Å². The minimum absolute atomic E-state index is 0.0607. The van der Waals surface area contributed by atoms with E-state index in [0.717, 1.165) is 35.0 Å². The van der Waals surface area contributed by atoms with E-state index in [1.54, 1.807) is 0 Å². The second kappa shape index (κ2) is 7.12. The number of fused-ring (bicyclic) bond motifs is 1. The van der Waals surface area contributed by atoms with Crippen LogP contribution in [0.2, 0.25) is 5.02 Å². The molecule has 1 saturated carbocycles. The lowest BCUT2D eigenvalue weighted by molar-refractivity contribution is 0.0933. The van der Waals surface area contributed by atoms with Gasteiger partial charge >= 0.3 is 0 Å². The molecule has 1 unspecified atom stereocenters. The summed E-state index contributed by atoms with van der Waals surface area (Å²) in [5.74, 6) is 0.611. The molecule has 5 heteroatoms. The van der Waals surface area contributed by atoms with Crippen LogP contribution in [0.4, 0.5) is 0 Å². The van der Waals surface area contributed by atoms with Gasteiger partial charge in [-0.3, -0.25) is 9.89 Å². The third-order valence-electron chi connectivity index (χ3n) is 5.10. The number of aromatic amines is 1. The Morgan fingerprint density at radius 2 is 2.12 bits per heavy atom. The predicted molar refractivity (Wildman–Crippen MR) is 104 cm³/mol. The molecule has 0 bridgehead atoms. The second-order valence-electron chi connectivity index (χ2n) is 7.01. The average Bonchev–Trinajstić information content (AvgIpc) is 3.37. The number of aromatic nitrogens is 2. The van der Waals surface area contributed by atoms with Crippen LogP contribution in [0, 0.1) is 5.92 Å². The quantitative estimate of drug-likeness (QED) is 0.640. The number of amides is 1. The molecule has 1 aliphatic carbocycles. The summed E-state index contributed by atoms with van der Waals surface area (Å²) in [6.07, 6.45) is 4.25. The van der Waals surface area contributed by atoms with E-state index in [0.29, 0.717) is 16.5 Å². The van der Waals surface area contributed by atoms with E-state index in [-0.39, 0.29) is 11.9 Å². The van der Waals surface area contributed by atoms with Crippen molar-refractivity contribution >= 4 is 28.4 Å². The maximum atomic E-state index is 12.9. The van der Waals surface area contributed by atoms with E-state index in [2.05, 4.69) is 22.4 Å². The van der Waals surface area contributed by atoms with Crippen LogP contribution in [0.3, 0.4) is 0 Å². The Balaban J connectivity index is 1.60. The zero-order valence-electron chi connectivity index (χ0n) is 14.8. The normalized spacial score (nSPS) is 15.2. The maximum absolute atomic E-state index is 12.9. The van der Waals surface area contributed by atoms with Gasteiger partial charge in [-0.25, -0.2) is 0 Å². The van der Waals surface area contributed by atoms with Gasteiger partial charge in [0.15, 0.2) is 0 Å². The van der Waals surface area contributed by atoms with Gasteiger partial charge < -0.3 is 5.32 Å². The molecule has 2 N–H and O–H groups in total. The molecule has 1 atom stereocenters. The Bertz CT molecular complexity index is 945. The lowest BCUT2D eigenvalue weighted by Gasteiger charge is -2.20. The summed E-state index contributed by atoms with van der Waals surface area (Å²) in [6.45, 7) is 2.07. The molecule has 1 aliphatic rings. The Kier molecular flexibility index (Phi) is 4.68. The third-order valence-corrected chi connectivity index (χ3v) is 5.44. The molecule has 0 saturated heterocycles. The van der Waals surface area contributed by atoms with Crippen molar-refractivity contribution in [2.45, 2.75) is 38.6 Å². The molecule has 4 nitrogen and oxygen atoms in total. The molecule has 1 fully saturated rings. The molecule has 4 rings (SSSR count). The minimum atomic E-state index is -0.0688. The number of nitrogens with one attached hydrogen (secondary N) is 2. The minimum Gasteiger partial charge on any atom is -0.345 e. The Morgan fingerprint density at radius 1 is 1.31 bits per heavy atom. The molecular weight excluding hydrogens is 346 g/mol. The maximum Gasteiger partial charge on any atom is 0.251 e. The van der Waals surface area contributed by atoms with Gasteiger partial charge in [0, 0.05) is 21.7 Å². The lowest BCUT2D eigenvalue weighted by atomic mass is 10.00. The summed E-state index contributed by atoms with van der Waals surface area (Å²) in [5, 5.41) is 12.2. The van der Waals surface area contributed by atoms with Crippen LogP contribution < -0.4 is 5.32 Å². The Hall–Kier alpha value is -2.33. The highest BCUT2D eigenvalue weighted by atomic mass is 35.5. The van der Waals surface area contributed by atoms with Crippen molar-refractivity contribution in [1.82, 2.24) is 15.5 Å². The first-order valence-corrected chi connectivity index (χ1v) is 9.55. The summed E-state index contributed by atoms with van der Waals surface area (Å²) in [4.78, 5) is 12.9. The monoisotopic (exact) mass is 367 g/mol. The first kappa shape index (κ1) is 17.1. The average molecular weight is 368 g/mol. The van der Waals surface area contributed by atoms with Crippen molar-refractivity contribution in [2.24, 2.45) is 5.92 Å².